The van der Waals surface area contributed by atoms with E-state index >= 15 is 0 Å². The number of rotatable bonds is 4. The van der Waals surface area contributed by atoms with Crippen molar-refractivity contribution in [3.05, 3.63) is 40.5 Å². The SMILES string of the molecule is Cc1ccc2c(c1)C1=C(C2)C(NCCCN)CCCC1. The van der Waals surface area contributed by atoms with Gasteiger partial charge in [0.15, 0.2) is 0 Å². The highest BCUT2D eigenvalue weighted by Gasteiger charge is 2.28. The van der Waals surface area contributed by atoms with Gasteiger partial charge in [0, 0.05) is 6.04 Å². The van der Waals surface area contributed by atoms with E-state index in [0.717, 1.165) is 25.9 Å². The molecule has 3 N–H and O–H groups in total. The molecule has 108 valence electrons. The molecule has 0 aliphatic heterocycles. The number of allylic oxidation sites excluding steroid dienone is 1. The lowest BCUT2D eigenvalue weighted by Crippen LogP contribution is -2.32. The Hall–Kier alpha value is -1.12. The number of hydrogen-bond donors (Lipinski definition) is 2. The van der Waals surface area contributed by atoms with E-state index in [1.54, 1.807) is 11.1 Å². The van der Waals surface area contributed by atoms with Gasteiger partial charge < -0.3 is 11.1 Å². The van der Waals surface area contributed by atoms with Crippen molar-refractivity contribution in [1.82, 2.24) is 5.32 Å². The van der Waals surface area contributed by atoms with Crippen LogP contribution in [0, 0.1) is 6.92 Å². The van der Waals surface area contributed by atoms with Gasteiger partial charge in [-0.1, -0.05) is 30.2 Å². The first-order chi connectivity index (χ1) is 9.79. The number of nitrogens with one attached hydrogen (secondary N) is 1. The van der Waals surface area contributed by atoms with E-state index in [0.29, 0.717) is 6.04 Å². The van der Waals surface area contributed by atoms with Crippen molar-refractivity contribution in [3.63, 3.8) is 0 Å². The first-order valence-electron chi connectivity index (χ1n) is 8.05. The van der Waals surface area contributed by atoms with Crippen molar-refractivity contribution in [2.75, 3.05) is 13.1 Å². The van der Waals surface area contributed by atoms with Gasteiger partial charge in [0.05, 0.1) is 0 Å². The average molecular weight is 270 g/mol. The number of aryl methyl sites for hydroxylation is 1. The summed E-state index contributed by atoms with van der Waals surface area (Å²) in [6, 6.07) is 7.55. The van der Waals surface area contributed by atoms with Crippen LogP contribution in [0.3, 0.4) is 0 Å². The third-order valence-electron chi connectivity index (χ3n) is 4.72. The van der Waals surface area contributed by atoms with E-state index in [1.165, 1.54) is 42.4 Å². The Balaban J connectivity index is 1.85. The molecule has 0 fully saturated rings. The Kier molecular flexibility index (Phi) is 4.23. The maximum Gasteiger partial charge on any atom is 0.0288 e. The highest BCUT2D eigenvalue weighted by Crippen LogP contribution is 2.40. The molecule has 2 nitrogen and oxygen atoms in total. The van der Waals surface area contributed by atoms with Gasteiger partial charge in [0.25, 0.3) is 0 Å². The highest BCUT2D eigenvalue weighted by atomic mass is 14.9. The normalized spacial score (nSPS) is 21.6. The number of fused-ring (bicyclic) bond motifs is 2. The van der Waals surface area contributed by atoms with Crippen molar-refractivity contribution in [3.8, 4) is 0 Å². The van der Waals surface area contributed by atoms with E-state index in [-0.39, 0.29) is 0 Å². The molecule has 0 saturated heterocycles. The van der Waals surface area contributed by atoms with E-state index in [1.807, 2.05) is 0 Å². The minimum absolute atomic E-state index is 0.576. The summed E-state index contributed by atoms with van der Waals surface area (Å²) >= 11 is 0. The van der Waals surface area contributed by atoms with Crippen LogP contribution in [0.5, 0.6) is 0 Å². The molecule has 1 unspecified atom stereocenters. The second-order valence-electron chi connectivity index (χ2n) is 6.24. The Morgan fingerprint density at radius 3 is 3.05 bits per heavy atom. The largest absolute Gasteiger partial charge is 0.330 e. The van der Waals surface area contributed by atoms with Gasteiger partial charge >= 0.3 is 0 Å². The highest BCUT2D eigenvalue weighted by molar-refractivity contribution is 5.78. The number of nitrogens with two attached hydrogens (primary N) is 1. The molecule has 0 saturated carbocycles. The molecule has 0 radical (unpaired) electrons. The molecule has 1 aromatic rings. The van der Waals surface area contributed by atoms with Gasteiger partial charge in [0.2, 0.25) is 0 Å². The molecule has 3 rings (SSSR count). The second kappa shape index (κ2) is 6.11. The van der Waals surface area contributed by atoms with E-state index in [2.05, 4.69) is 30.4 Å². The molecule has 2 aliphatic rings. The Bertz CT molecular complexity index is 516. The van der Waals surface area contributed by atoms with Gasteiger partial charge in [-0.15, -0.1) is 0 Å². The molecule has 2 heteroatoms. The first kappa shape index (κ1) is 13.8. The minimum atomic E-state index is 0.576. The molecule has 0 bridgehead atoms. The molecule has 0 spiro atoms. The predicted octanol–water partition coefficient (Wildman–Crippen LogP) is 3.19. The zero-order valence-electron chi connectivity index (χ0n) is 12.5. The van der Waals surface area contributed by atoms with Crippen LogP contribution < -0.4 is 11.1 Å². The summed E-state index contributed by atoms with van der Waals surface area (Å²) in [7, 11) is 0. The molecule has 20 heavy (non-hydrogen) atoms. The van der Waals surface area contributed by atoms with Gasteiger partial charge in [0.1, 0.15) is 0 Å². The van der Waals surface area contributed by atoms with Crippen LogP contribution in [0.4, 0.5) is 0 Å². The van der Waals surface area contributed by atoms with Gasteiger partial charge in [-0.2, -0.15) is 0 Å². The summed E-state index contributed by atoms with van der Waals surface area (Å²) < 4.78 is 0. The van der Waals surface area contributed by atoms with Crippen molar-refractivity contribution >= 4 is 5.57 Å². The zero-order valence-corrected chi connectivity index (χ0v) is 12.5. The smallest absolute Gasteiger partial charge is 0.0288 e. The molecule has 2 aliphatic carbocycles. The third-order valence-corrected chi connectivity index (χ3v) is 4.72. The second-order valence-corrected chi connectivity index (χ2v) is 6.24. The fourth-order valence-electron chi connectivity index (χ4n) is 3.67. The Morgan fingerprint density at radius 1 is 1.30 bits per heavy atom. The van der Waals surface area contributed by atoms with Crippen LogP contribution in [0.15, 0.2) is 23.8 Å². The van der Waals surface area contributed by atoms with Crippen LogP contribution in [-0.2, 0) is 6.42 Å². The number of benzene rings is 1. The van der Waals surface area contributed by atoms with E-state index in [4.69, 9.17) is 5.73 Å². The molecule has 0 aromatic heterocycles. The maximum atomic E-state index is 5.62. The van der Waals surface area contributed by atoms with Gasteiger partial charge in [-0.3, -0.25) is 0 Å². The quantitative estimate of drug-likeness (QED) is 0.825. The first-order valence-corrected chi connectivity index (χ1v) is 8.05. The average Bonchev–Trinajstić information content (AvgIpc) is 2.67. The zero-order chi connectivity index (χ0) is 13.9. The summed E-state index contributed by atoms with van der Waals surface area (Å²) in [5.41, 5.74) is 13.4. The van der Waals surface area contributed by atoms with E-state index < -0.39 is 0 Å². The summed E-state index contributed by atoms with van der Waals surface area (Å²) in [6.07, 6.45) is 7.46. The molecular formula is C18H26N2. The molecule has 1 atom stereocenters. The summed E-state index contributed by atoms with van der Waals surface area (Å²) in [5, 5.41) is 3.75. The van der Waals surface area contributed by atoms with Crippen LogP contribution in [0.1, 0.15) is 48.8 Å². The minimum Gasteiger partial charge on any atom is -0.330 e. The van der Waals surface area contributed by atoms with E-state index in [9.17, 15) is 0 Å². The van der Waals surface area contributed by atoms with Crippen molar-refractivity contribution in [2.24, 2.45) is 5.73 Å². The standard InChI is InChI=1S/C18H26N2/c1-13-7-8-14-12-17-15(16(14)11-13)5-2-3-6-18(17)20-10-4-9-19/h7-8,11,18,20H,2-6,9-10,12,19H2,1H3. The van der Waals surface area contributed by atoms with Crippen molar-refractivity contribution in [1.29, 1.82) is 0 Å². The fourth-order valence-corrected chi connectivity index (χ4v) is 3.67. The summed E-state index contributed by atoms with van der Waals surface area (Å²) in [4.78, 5) is 0. The number of hydrogen-bond acceptors (Lipinski definition) is 2. The molecule has 0 heterocycles. The molecular weight excluding hydrogens is 244 g/mol. The lowest BCUT2D eigenvalue weighted by atomic mass is 9.99. The van der Waals surface area contributed by atoms with Gasteiger partial charge in [-0.25, -0.2) is 0 Å². The monoisotopic (exact) mass is 270 g/mol. The topological polar surface area (TPSA) is 38.0 Å². The predicted molar refractivity (Wildman–Crippen MR) is 85.7 cm³/mol. The third kappa shape index (κ3) is 2.68. The maximum absolute atomic E-state index is 5.62. The Morgan fingerprint density at radius 2 is 2.20 bits per heavy atom. The summed E-state index contributed by atoms with van der Waals surface area (Å²) in [5.74, 6) is 0. The van der Waals surface area contributed by atoms with Crippen LogP contribution in [-0.4, -0.2) is 19.1 Å². The van der Waals surface area contributed by atoms with Crippen molar-refractivity contribution in [2.45, 2.75) is 51.5 Å². The van der Waals surface area contributed by atoms with Crippen LogP contribution in [0.25, 0.3) is 5.57 Å². The van der Waals surface area contributed by atoms with Gasteiger partial charge in [-0.05, 0) is 74.4 Å². The fraction of sp³-hybridized carbons (Fsp3) is 0.556. The van der Waals surface area contributed by atoms with Crippen molar-refractivity contribution < 1.29 is 0 Å². The summed E-state index contributed by atoms with van der Waals surface area (Å²) in [6.45, 7) is 4.03. The lowest BCUT2D eigenvalue weighted by Gasteiger charge is -2.19. The van der Waals surface area contributed by atoms with Crippen LogP contribution in [0.2, 0.25) is 0 Å². The Labute approximate surface area is 122 Å². The lowest BCUT2D eigenvalue weighted by molar-refractivity contribution is 0.510. The molecule has 0 amide bonds. The molecule has 1 aromatic carbocycles. The van der Waals surface area contributed by atoms with Crippen LogP contribution >= 0.6 is 0 Å².